The summed E-state index contributed by atoms with van der Waals surface area (Å²) < 4.78 is 0. The SMILES string of the molecule is O=C(NCC(O)CNC(=O)[C]1[CH][CH][CH][CH]1)[C]1[CH][CH][CH][CH]1. The van der Waals surface area contributed by atoms with Gasteiger partial charge in [-0.1, -0.05) is 0 Å². The highest BCUT2D eigenvalue weighted by atomic mass is 16.3. The summed E-state index contributed by atoms with van der Waals surface area (Å²) in [4.78, 5) is 23.3. The summed E-state index contributed by atoms with van der Waals surface area (Å²) >= 11 is 0. The van der Waals surface area contributed by atoms with E-state index in [2.05, 4.69) is 10.6 Å². The van der Waals surface area contributed by atoms with Crippen molar-refractivity contribution < 1.29 is 14.7 Å². The molecule has 20 heavy (non-hydrogen) atoms. The van der Waals surface area contributed by atoms with Gasteiger partial charge in [0.2, 0.25) is 11.8 Å². The highest BCUT2D eigenvalue weighted by molar-refractivity contribution is 5.96. The monoisotopic (exact) mass is 272 g/mol. The Morgan fingerprint density at radius 1 is 0.850 bits per heavy atom. The van der Waals surface area contributed by atoms with E-state index < -0.39 is 6.10 Å². The molecule has 0 heterocycles. The van der Waals surface area contributed by atoms with Crippen molar-refractivity contribution in [3.63, 3.8) is 0 Å². The molecule has 0 aromatic carbocycles. The molecule has 2 saturated carbocycles. The van der Waals surface area contributed by atoms with E-state index in [1.54, 1.807) is 51.4 Å². The summed E-state index contributed by atoms with van der Waals surface area (Å²) in [6, 6.07) is 0. The Hall–Kier alpha value is -1.10. The molecule has 0 unspecified atom stereocenters. The zero-order valence-electron chi connectivity index (χ0n) is 10.9. The number of carbonyl (C=O) groups excluding carboxylic acids is 2. The topological polar surface area (TPSA) is 78.4 Å². The molecule has 0 spiro atoms. The quantitative estimate of drug-likeness (QED) is 0.603. The number of amides is 2. The minimum atomic E-state index is -0.826. The van der Waals surface area contributed by atoms with Crippen LogP contribution in [0.3, 0.4) is 0 Å². The zero-order valence-corrected chi connectivity index (χ0v) is 10.9. The number of aliphatic hydroxyl groups is 1. The fraction of sp³-hybridized carbons (Fsp3) is 0.200. The van der Waals surface area contributed by atoms with Crippen LogP contribution in [0.25, 0.3) is 0 Å². The first-order valence-electron chi connectivity index (χ1n) is 6.34. The van der Waals surface area contributed by atoms with Crippen LogP contribution in [0.4, 0.5) is 0 Å². The molecule has 2 fully saturated rings. The van der Waals surface area contributed by atoms with Crippen LogP contribution in [0.15, 0.2) is 0 Å². The third-order valence-electron chi connectivity index (χ3n) is 2.85. The number of carbonyl (C=O) groups is 2. The lowest BCUT2D eigenvalue weighted by molar-refractivity contribution is -0.119. The summed E-state index contributed by atoms with van der Waals surface area (Å²) in [5.41, 5.74) is 0. The van der Waals surface area contributed by atoms with Crippen LogP contribution in [0.2, 0.25) is 0 Å². The predicted octanol–water partition coefficient (Wildman–Crippen LogP) is -0.610. The molecule has 0 atom stereocenters. The van der Waals surface area contributed by atoms with Gasteiger partial charge in [0.05, 0.1) is 17.9 Å². The third-order valence-corrected chi connectivity index (χ3v) is 2.85. The van der Waals surface area contributed by atoms with Crippen LogP contribution in [0.1, 0.15) is 0 Å². The van der Waals surface area contributed by atoms with Gasteiger partial charge < -0.3 is 15.7 Å². The van der Waals surface area contributed by atoms with Gasteiger partial charge in [0.15, 0.2) is 0 Å². The maximum Gasteiger partial charge on any atom is 0.228 e. The van der Waals surface area contributed by atoms with E-state index in [1.165, 1.54) is 0 Å². The molecule has 104 valence electrons. The summed E-state index contributed by atoms with van der Waals surface area (Å²) in [7, 11) is 0. The average molecular weight is 272 g/mol. The number of aliphatic hydroxyl groups excluding tert-OH is 1. The first kappa shape index (κ1) is 15.3. The van der Waals surface area contributed by atoms with Crippen molar-refractivity contribution in [1.29, 1.82) is 0 Å². The smallest absolute Gasteiger partial charge is 0.228 e. The van der Waals surface area contributed by atoms with Crippen molar-refractivity contribution in [2.24, 2.45) is 0 Å². The van der Waals surface area contributed by atoms with Gasteiger partial charge in [0.1, 0.15) is 0 Å². The van der Waals surface area contributed by atoms with Gasteiger partial charge in [-0.05, 0) is 51.4 Å². The molecule has 2 aliphatic rings. The summed E-state index contributed by atoms with van der Waals surface area (Å²) in [6.45, 7) is 0.177. The third kappa shape index (κ3) is 4.47. The largest absolute Gasteiger partial charge is 0.389 e. The summed E-state index contributed by atoms with van der Waals surface area (Å²) in [5, 5.41) is 14.9. The van der Waals surface area contributed by atoms with Gasteiger partial charge in [-0.3, -0.25) is 9.59 Å². The van der Waals surface area contributed by atoms with Crippen molar-refractivity contribution in [2.45, 2.75) is 6.10 Å². The molecule has 0 aromatic rings. The van der Waals surface area contributed by atoms with Gasteiger partial charge in [-0.15, -0.1) is 0 Å². The first-order chi connectivity index (χ1) is 9.66. The Bertz CT molecular complexity index is 302. The van der Waals surface area contributed by atoms with Crippen LogP contribution in [0.5, 0.6) is 0 Å². The zero-order chi connectivity index (χ0) is 14.4. The number of hydrogen-bond donors (Lipinski definition) is 3. The maximum absolute atomic E-state index is 11.6. The van der Waals surface area contributed by atoms with Gasteiger partial charge in [0, 0.05) is 13.1 Å². The van der Waals surface area contributed by atoms with E-state index in [4.69, 9.17) is 0 Å². The second-order valence-electron chi connectivity index (χ2n) is 4.42. The maximum atomic E-state index is 11.6. The van der Waals surface area contributed by atoms with Crippen LogP contribution < -0.4 is 10.6 Å². The lowest BCUT2D eigenvalue weighted by atomic mass is 10.1. The molecule has 0 aromatic heterocycles. The van der Waals surface area contributed by atoms with Crippen molar-refractivity contribution in [2.75, 3.05) is 13.1 Å². The van der Waals surface area contributed by atoms with E-state index >= 15 is 0 Å². The van der Waals surface area contributed by atoms with Crippen LogP contribution in [-0.4, -0.2) is 36.1 Å². The predicted molar refractivity (Wildman–Crippen MR) is 72.9 cm³/mol. The number of hydrogen-bond acceptors (Lipinski definition) is 3. The van der Waals surface area contributed by atoms with E-state index in [-0.39, 0.29) is 24.9 Å². The second kappa shape index (κ2) is 7.62. The Morgan fingerprint density at radius 2 is 1.20 bits per heavy atom. The Labute approximate surface area is 120 Å². The van der Waals surface area contributed by atoms with Gasteiger partial charge >= 0.3 is 0 Å². The molecule has 3 N–H and O–H groups in total. The van der Waals surface area contributed by atoms with E-state index in [0.717, 1.165) is 0 Å². The van der Waals surface area contributed by atoms with Crippen molar-refractivity contribution in [3.05, 3.63) is 63.2 Å². The molecule has 2 rings (SSSR count). The Kier molecular flexibility index (Phi) is 5.83. The van der Waals surface area contributed by atoms with E-state index in [0.29, 0.717) is 11.8 Å². The molecule has 5 heteroatoms. The normalized spacial score (nSPS) is 20.5. The molecule has 2 aliphatic carbocycles. The first-order valence-corrected chi connectivity index (χ1v) is 6.34. The molecule has 2 amide bonds. The molecule has 0 aliphatic heterocycles. The highest BCUT2D eigenvalue weighted by Gasteiger charge is 2.26. The number of nitrogens with one attached hydrogen (secondary N) is 2. The van der Waals surface area contributed by atoms with Gasteiger partial charge in [-0.25, -0.2) is 0 Å². The number of rotatable bonds is 6. The molecule has 5 nitrogen and oxygen atoms in total. The fourth-order valence-corrected chi connectivity index (χ4v) is 1.75. The summed E-state index contributed by atoms with van der Waals surface area (Å²) in [6.07, 6.45) is 13.0. The minimum Gasteiger partial charge on any atom is -0.389 e. The van der Waals surface area contributed by atoms with E-state index in [1.807, 2.05) is 0 Å². The Balaban J connectivity index is 1.58. The fourth-order valence-electron chi connectivity index (χ4n) is 1.75. The van der Waals surface area contributed by atoms with Crippen LogP contribution in [-0.2, 0) is 9.59 Å². The van der Waals surface area contributed by atoms with Crippen molar-refractivity contribution >= 4 is 11.8 Å². The standard InChI is InChI=1S/C15H16N2O3/c18-13(9-16-14(19)11-5-1-2-6-11)10-17-15(20)12-7-3-4-8-12/h1-8,13,18H,9-10H2,(H,16,19)(H,17,20). The lowest BCUT2D eigenvalue weighted by Gasteiger charge is -2.15. The molecule has 0 bridgehead atoms. The van der Waals surface area contributed by atoms with Crippen LogP contribution >= 0.6 is 0 Å². The Morgan fingerprint density at radius 3 is 1.55 bits per heavy atom. The lowest BCUT2D eigenvalue weighted by Crippen LogP contribution is -2.42. The van der Waals surface area contributed by atoms with Crippen molar-refractivity contribution in [3.8, 4) is 0 Å². The molecule has 10 radical (unpaired) electrons. The molecular weight excluding hydrogens is 256 g/mol. The minimum absolute atomic E-state index is 0.0886. The van der Waals surface area contributed by atoms with Crippen LogP contribution in [0, 0.1) is 63.2 Å². The summed E-state index contributed by atoms with van der Waals surface area (Å²) in [5.74, 6) is 0.629. The molecule has 0 saturated heterocycles. The molecular formula is C15H16N2O3. The van der Waals surface area contributed by atoms with Gasteiger partial charge in [-0.2, -0.15) is 0 Å². The average Bonchev–Trinajstić information content (AvgIpc) is 3.14. The second-order valence-corrected chi connectivity index (χ2v) is 4.42. The van der Waals surface area contributed by atoms with Crippen molar-refractivity contribution in [1.82, 2.24) is 10.6 Å². The van der Waals surface area contributed by atoms with E-state index in [9.17, 15) is 14.7 Å². The van der Waals surface area contributed by atoms with Gasteiger partial charge in [0.25, 0.3) is 0 Å². The highest BCUT2D eigenvalue weighted by Crippen LogP contribution is 2.23.